The second-order valence-electron chi connectivity index (χ2n) is 5.99. The van der Waals surface area contributed by atoms with E-state index in [1.54, 1.807) is 12.3 Å². The number of piperidine rings is 1. The van der Waals surface area contributed by atoms with Gasteiger partial charge in [0.15, 0.2) is 0 Å². The number of anilines is 1. The van der Waals surface area contributed by atoms with E-state index in [0.717, 1.165) is 31.4 Å². The van der Waals surface area contributed by atoms with Crippen LogP contribution in [-0.4, -0.2) is 33.9 Å². The highest BCUT2D eigenvalue weighted by atomic mass is 19.1. The van der Waals surface area contributed by atoms with Crippen molar-refractivity contribution in [3.63, 3.8) is 0 Å². The van der Waals surface area contributed by atoms with Gasteiger partial charge >= 0.3 is 0 Å². The van der Waals surface area contributed by atoms with Gasteiger partial charge in [0.1, 0.15) is 5.82 Å². The maximum absolute atomic E-state index is 13.6. The van der Waals surface area contributed by atoms with Crippen molar-refractivity contribution in [3.05, 3.63) is 42.0 Å². The summed E-state index contributed by atoms with van der Waals surface area (Å²) in [6.07, 6.45) is 4.47. The predicted octanol–water partition coefficient (Wildman–Crippen LogP) is 1.88. The molecule has 126 valence electrons. The highest BCUT2D eigenvalue weighted by molar-refractivity contribution is 5.76. The molecule has 0 bridgehead atoms. The van der Waals surface area contributed by atoms with Gasteiger partial charge in [-0.05, 0) is 37.1 Å². The molecule has 0 aliphatic carbocycles. The molecule has 6 nitrogen and oxygen atoms in total. The second kappa shape index (κ2) is 6.92. The average molecular weight is 329 g/mol. The first-order valence-electron chi connectivity index (χ1n) is 7.95. The fourth-order valence-corrected chi connectivity index (χ4v) is 3.23. The van der Waals surface area contributed by atoms with Crippen molar-refractivity contribution in [2.24, 2.45) is 5.73 Å². The minimum Gasteiger partial charge on any atom is -0.369 e. The largest absolute Gasteiger partial charge is 0.369 e. The summed E-state index contributed by atoms with van der Waals surface area (Å²) in [5, 5.41) is 0. The smallest absolute Gasteiger partial charge is 0.231 e. The van der Waals surface area contributed by atoms with Gasteiger partial charge < -0.3 is 11.5 Å². The summed E-state index contributed by atoms with van der Waals surface area (Å²) in [6, 6.07) is 6.20. The van der Waals surface area contributed by atoms with Crippen LogP contribution in [-0.2, 0) is 4.79 Å². The molecular weight excluding hydrogens is 309 g/mol. The van der Waals surface area contributed by atoms with Crippen LogP contribution < -0.4 is 11.5 Å². The summed E-state index contributed by atoms with van der Waals surface area (Å²) in [7, 11) is 0. The molecule has 0 spiro atoms. The number of hydrogen-bond acceptors (Lipinski definition) is 5. The predicted molar refractivity (Wildman–Crippen MR) is 89.2 cm³/mol. The molecule has 2 aromatic rings. The Balaban J connectivity index is 2.05. The molecule has 7 heteroatoms. The molecule has 3 rings (SSSR count). The highest BCUT2D eigenvalue weighted by Crippen LogP contribution is 2.35. The van der Waals surface area contributed by atoms with Crippen LogP contribution in [0, 0.1) is 5.82 Å². The summed E-state index contributed by atoms with van der Waals surface area (Å²) < 4.78 is 13.6. The molecule has 1 fully saturated rings. The normalized spacial score (nSPS) is 18.5. The summed E-state index contributed by atoms with van der Waals surface area (Å²) in [5.41, 5.74) is 13.3. The van der Waals surface area contributed by atoms with Gasteiger partial charge in [0, 0.05) is 11.8 Å². The van der Waals surface area contributed by atoms with Gasteiger partial charge in [0.2, 0.25) is 11.9 Å². The van der Waals surface area contributed by atoms with Gasteiger partial charge in [-0.3, -0.25) is 9.69 Å². The van der Waals surface area contributed by atoms with Crippen molar-refractivity contribution in [1.29, 1.82) is 0 Å². The Morgan fingerprint density at radius 3 is 2.96 bits per heavy atom. The van der Waals surface area contributed by atoms with E-state index in [-0.39, 0.29) is 30.3 Å². The molecule has 1 unspecified atom stereocenters. The number of aromatic nitrogens is 2. The minimum atomic E-state index is -0.378. The topological polar surface area (TPSA) is 98.1 Å². The van der Waals surface area contributed by atoms with Crippen molar-refractivity contribution in [2.75, 3.05) is 18.8 Å². The lowest BCUT2D eigenvalue weighted by atomic mass is 9.94. The van der Waals surface area contributed by atoms with E-state index in [9.17, 15) is 9.18 Å². The van der Waals surface area contributed by atoms with Crippen molar-refractivity contribution >= 4 is 11.9 Å². The van der Waals surface area contributed by atoms with E-state index in [1.807, 2.05) is 11.0 Å². The zero-order valence-electron chi connectivity index (χ0n) is 13.3. The zero-order chi connectivity index (χ0) is 17.1. The van der Waals surface area contributed by atoms with Crippen LogP contribution in [0.3, 0.4) is 0 Å². The van der Waals surface area contributed by atoms with Crippen molar-refractivity contribution in [3.8, 4) is 11.1 Å². The molecule has 2 heterocycles. The molecule has 1 aromatic heterocycles. The Morgan fingerprint density at radius 2 is 2.21 bits per heavy atom. The number of carbonyl (C=O) groups excluding carboxylic acids is 1. The van der Waals surface area contributed by atoms with Crippen LogP contribution in [0.25, 0.3) is 11.1 Å². The quantitative estimate of drug-likeness (QED) is 0.892. The Kier molecular flexibility index (Phi) is 4.71. The maximum Gasteiger partial charge on any atom is 0.231 e. The van der Waals surface area contributed by atoms with Crippen LogP contribution in [0.15, 0.2) is 30.5 Å². The molecule has 1 atom stereocenters. The fraction of sp³-hybridized carbons (Fsp3) is 0.353. The molecule has 24 heavy (non-hydrogen) atoms. The first-order valence-corrected chi connectivity index (χ1v) is 7.95. The molecule has 1 saturated heterocycles. The number of nitrogens with zero attached hydrogens (tertiary/aromatic N) is 3. The monoisotopic (exact) mass is 329 g/mol. The first-order chi connectivity index (χ1) is 11.5. The lowest BCUT2D eigenvalue weighted by Gasteiger charge is -2.35. The molecule has 1 aliphatic heterocycles. The molecule has 0 saturated carbocycles. The van der Waals surface area contributed by atoms with Crippen LogP contribution >= 0.6 is 0 Å². The first kappa shape index (κ1) is 16.3. The molecule has 1 aliphatic rings. The van der Waals surface area contributed by atoms with Gasteiger partial charge in [-0.2, -0.15) is 0 Å². The molecule has 4 N–H and O–H groups in total. The average Bonchev–Trinajstić information content (AvgIpc) is 2.55. The number of halogens is 1. The SMILES string of the molecule is NC(=O)CN1CCCCC1c1nc(N)ncc1-c1cccc(F)c1. The van der Waals surface area contributed by atoms with Crippen molar-refractivity contribution in [2.45, 2.75) is 25.3 Å². The summed E-state index contributed by atoms with van der Waals surface area (Å²) in [5.74, 6) is -0.543. The van der Waals surface area contributed by atoms with Crippen molar-refractivity contribution < 1.29 is 9.18 Å². The lowest BCUT2D eigenvalue weighted by Crippen LogP contribution is -2.40. The number of nitrogen functional groups attached to an aromatic ring is 1. The summed E-state index contributed by atoms with van der Waals surface area (Å²) in [6.45, 7) is 0.928. The number of nitrogens with two attached hydrogens (primary N) is 2. The van der Waals surface area contributed by atoms with Gasteiger partial charge in [-0.15, -0.1) is 0 Å². The van der Waals surface area contributed by atoms with E-state index in [4.69, 9.17) is 11.5 Å². The van der Waals surface area contributed by atoms with Gasteiger partial charge in [-0.1, -0.05) is 18.6 Å². The molecule has 1 aromatic carbocycles. The third kappa shape index (κ3) is 3.51. The Labute approximate surface area is 139 Å². The zero-order valence-corrected chi connectivity index (χ0v) is 13.3. The molecule has 0 radical (unpaired) electrons. The Bertz CT molecular complexity index is 752. The third-order valence-electron chi connectivity index (χ3n) is 4.26. The van der Waals surface area contributed by atoms with Crippen molar-refractivity contribution in [1.82, 2.24) is 14.9 Å². The number of primary amides is 1. The standard InChI is InChI=1S/C17H20FN5O/c18-12-5-3-4-11(8-12)13-9-21-17(20)22-16(13)14-6-1-2-7-23(14)10-15(19)24/h3-5,8-9,14H,1-2,6-7,10H2,(H2,19,24)(H2,20,21,22). The number of benzene rings is 1. The Morgan fingerprint density at radius 1 is 1.38 bits per heavy atom. The lowest BCUT2D eigenvalue weighted by molar-refractivity contribution is -0.120. The third-order valence-corrected chi connectivity index (χ3v) is 4.26. The van der Waals surface area contributed by atoms with E-state index in [0.29, 0.717) is 11.3 Å². The number of likely N-dealkylation sites (tertiary alicyclic amines) is 1. The Hall–Kier alpha value is -2.54. The number of hydrogen-bond donors (Lipinski definition) is 2. The van der Waals surface area contributed by atoms with E-state index in [2.05, 4.69) is 9.97 Å². The van der Waals surface area contributed by atoms with Crippen LogP contribution in [0.2, 0.25) is 0 Å². The van der Waals surface area contributed by atoms with Crippen LogP contribution in [0.1, 0.15) is 31.0 Å². The second-order valence-corrected chi connectivity index (χ2v) is 5.99. The summed E-state index contributed by atoms with van der Waals surface area (Å²) >= 11 is 0. The molecular formula is C17H20FN5O. The molecule has 1 amide bonds. The van der Waals surface area contributed by atoms with Gasteiger partial charge in [0.05, 0.1) is 18.3 Å². The maximum atomic E-state index is 13.6. The van der Waals surface area contributed by atoms with E-state index in [1.165, 1.54) is 12.1 Å². The van der Waals surface area contributed by atoms with Gasteiger partial charge in [0.25, 0.3) is 0 Å². The van der Waals surface area contributed by atoms with Gasteiger partial charge in [-0.25, -0.2) is 14.4 Å². The number of amides is 1. The number of rotatable bonds is 4. The van der Waals surface area contributed by atoms with Crippen LogP contribution in [0.4, 0.5) is 10.3 Å². The van der Waals surface area contributed by atoms with E-state index < -0.39 is 0 Å². The van der Waals surface area contributed by atoms with E-state index >= 15 is 0 Å². The van der Waals surface area contributed by atoms with Crippen LogP contribution in [0.5, 0.6) is 0 Å². The fourth-order valence-electron chi connectivity index (χ4n) is 3.23. The minimum absolute atomic E-state index is 0.0881. The summed E-state index contributed by atoms with van der Waals surface area (Å²) in [4.78, 5) is 21.9. The highest BCUT2D eigenvalue weighted by Gasteiger charge is 2.29. The number of carbonyl (C=O) groups is 1.